The molecule has 0 aliphatic rings. The van der Waals surface area contributed by atoms with E-state index >= 15 is 0 Å². The second-order valence-corrected chi connectivity index (χ2v) is 4.06. The lowest BCUT2D eigenvalue weighted by Crippen LogP contribution is -2.24. The van der Waals surface area contributed by atoms with Gasteiger partial charge in [0.2, 0.25) is 0 Å². The van der Waals surface area contributed by atoms with Crippen molar-refractivity contribution >= 4 is 18.6 Å². The molecule has 1 heterocycles. The number of nitrogens with zero attached hydrogens (tertiary/aromatic N) is 1. The number of carboxylic acids is 1. The van der Waals surface area contributed by atoms with Gasteiger partial charge in [0.05, 0.1) is 5.92 Å². The molecule has 4 heteroatoms. The van der Waals surface area contributed by atoms with Crippen LogP contribution in [-0.4, -0.2) is 21.3 Å². The summed E-state index contributed by atoms with van der Waals surface area (Å²) in [5.74, 6) is -1.25. The minimum atomic E-state index is -0.802. The largest absolute Gasteiger partial charge is 0.481 e. The molecule has 1 aromatic heterocycles. The van der Waals surface area contributed by atoms with E-state index in [9.17, 15) is 4.79 Å². The zero-order valence-corrected chi connectivity index (χ0v) is 8.82. The number of hydrogen-bond donors (Lipinski definition) is 2. The highest BCUT2D eigenvalue weighted by molar-refractivity contribution is 7.81. The third-order valence-corrected chi connectivity index (χ3v) is 2.46. The minimum Gasteiger partial charge on any atom is -0.481 e. The van der Waals surface area contributed by atoms with Gasteiger partial charge < -0.3 is 5.11 Å². The van der Waals surface area contributed by atoms with Gasteiger partial charge in [0.25, 0.3) is 0 Å². The number of rotatable bonds is 4. The van der Waals surface area contributed by atoms with Crippen LogP contribution in [0.2, 0.25) is 0 Å². The predicted molar refractivity (Wildman–Crippen MR) is 57.5 cm³/mol. The highest BCUT2D eigenvalue weighted by atomic mass is 32.1. The van der Waals surface area contributed by atoms with Crippen molar-refractivity contribution in [2.45, 2.75) is 18.6 Å². The Bertz CT molecular complexity index is 300. The van der Waals surface area contributed by atoms with Crippen LogP contribution in [0.1, 0.15) is 12.5 Å². The quantitative estimate of drug-likeness (QED) is 0.744. The molecule has 0 radical (unpaired) electrons. The van der Waals surface area contributed by atoms with E-state index in [1.54, 1.807) is 19.3 Å². The third-order valence-electron chi connectivity index (χ3n) is 2.10. The zero-order valence-electron chi connectivity index (χ0n) is 7.92. The molecule has 1 rings (SSSR count). The molecule has 0 saturated heterocycles. The topological polar surface area (TPSA) is 50.2 Å². The second kappa shape index (κ2) is 5.00. The second-order valence-electron chi connectivity index (χ2n) is 3.24. The van der Waals surface area contributed by atoms with Crippen molar-refractivity contribution in [3.63, 3.8) is 0 Å². The molecule has 2 unspecified atom stereocenters. The van der Waals surface area contributed by atoms with Gasteiger partial charge in [0.1, 0.15) is 0 Å². The summed E-state index contributed by atoms with van der Waals surface area (Å²) in [6.45, 7) is 1.79. The normalized spacial score (nSPS) is 14.7. The van der Waals surface area contributed by atoms with E-state index in [4.69, 9.17) is 5.11 Å². The third kappa shape index (κ3) is 3.03. The summed E-state index contributed by atoms with van der Waals surface area (Å²) < 4.78 is 0. The molecular weight excluding hydrogens is 198 g/mol. The number of aromatic nitrogens is 1. The Hall–Kier alpha value is -1.03. The Morgan fingerprint density at radius 1 is 1.57 bits per heavy atom. The molecule has 0 aliphatic heterocycles. The Morgan fingerprint density at radius 2 is 2.14 bits per heavy atom. The molecule has 0 amide bonds. The first-order chi connectivity index (χ1) is 6.61. The maximum absolute atomic E-state index is 10.9. The fourth-order valence-electron chi connectivity index (χ4n) is 1.24. The Balaban J connectivity index is 2.70. The molecule has 1 N–H and O–H groups in total. The maximum Gasteiger partial charge on any atom is 0.307 e. The lowest BCUT2D eigenvalue weighted by Gasteiger charge is -2.14. The van der Waals surface area contributed by atoms with E-state index in [0.29, 0.717) is 6.42 Å². The summed E-state index contributed by atoms with van der Waals surface area (Å²) in [5, 5.41) is 8.79. The average Bonchev–Trinajstić information content (AvgIpc) is 2.15. The van der Waals surface area contributed by atoms with E-state index < -0.39 is 11.9 Å². The van der Waals surface area contributed by atoms with E-state index in [1.807, 2.05) is 12.1 Å². The number of aliphatic carboxylic acids is 1. The monoisotopic (exact) mass is 211 g/mol. The van der Waals surface area contributed by atoms with Crippen LogP contribution < -0.4 is 0 Å². The smallest absolute Gasteiger partial charge is 0.307 e. The van der Waals surface area contributed by atoms with Gasteiger partial charge in [-0.3, -0.25) is 9.78 Å². The van der Waals surface area contributed by atoms with Crippen molar-refractivity contribution in [3.05, 3.63) is 30.1 Å². The number of thiol groups is 1. The lowest BCUT2D eigenvalue weighted by molar-refractivity contribution is -0.141. The van der Waals surface area contributed by atoms with Gasteiger partial charge in [-0.1, -0.05) is 6.92 Å². The Labute approximate surface area is 88.6 Å². The molecule has 0 saturated carbocycles. The summed E-state index contributed by atoms with van der Waals surface area (Å²) in [4.78, 5) is 14.8. The molecule has 14 heavy (non-hydrogen) atoms. The van der Waals surface area contributed by atoms with E-state index in [0.717, 1.165) is 5.56 Å². The first-order valence-electron chi connectivity index (χ1n) is 4.41. The van der Waals surface area contributed by atoms with Crippen molar-refractivity contribution in [3.8, 4) is 0 Å². The molecule has 0 spiro atoms. The Morgan fingerprint density at radius 3 is 2.57 bits per heavy atom. The van der Waals surface area contributed by atoms with Crippen LogP contribution >= 0.6 is 12.6 Å². The maximum atomic E-state index is 10.9. The van der Waals surface area contributed by atoms with E-state index in [2.05, 4.69) is 17.6 Å². The molecule has 0 fully saturated rings. The van der Waals surface area contributed by atoms with Crippen LogP contribution in [0.3, 0.4) is 0 Å². The number of hydrogen-bond acceptors (Lipinski definition) is 3. The van der Waals surface area contributed by atoms with Crippen LogP contribution in [-0.2, 0) is 11.2 Å². The first kappa shape index (κ1) is 11.0. The summed E-state index contributed by atoms with van der Waals surface area (Å²) in [5.41, 5.74) is 0.980. The molecule has 3 nitrogen and oxygen atoms in total. The van der Waals surface area contributed by atoms with Gasteiger partial charge >= 0.3 is 5.97 Å². The van der Waals surface area contributed by atoms with E-state index in [-0.39, 0.29) is 5.25 Å². The number of carboxylic acid groups (broad SMARTS) is 1. The van der Waals surface area contributed by atoms with Crippen LogP contribution in [0.15, 0.2) is 24.5 Å². The number of pyridine rings is 1. The summed E-state index contributed by atoms with van der Waals surface area (Å²) in [6.07, 6.45) is 3.83. The van der Waals surface area contributed by atoms with Gasteiger partial charge in [0.15, 0.2) is 0 Å². The molecule has 0 bridgehead atoms. The van der Waals surface area contributed by atoms with Crippen LogP contribution in [0.5, 0.6) is 0 Å². The fraction of sp³-hybridized carbons (Fsp3) is 0.400. The first-order valence-corrected chi connectivity index (χ1v) is 4.92. The van der Waals surface area contributed by atoms with E-state index in [1.165, 1.54) is 0 Å². The highest BCUT2D eigenvalue weighted by Crippen LogP contribution is 2.16. The van der Waals surface area contributed by atoms with Crippen LogP contribution in [0.4, 0.5) is 0 Å². The SMILES string of the molecule is CC(S)C(Cc1ccncc1)C(=O)O. The summed E-state index contributed by atoms with van der Waals surface area (Å²) >= 11 is 4.17. The predicted octanol–water partition coefficient (Wildman–Crippen LogP) is 1.64. The fourth-order valence-corrected chi connectivity index (χ4v) is 1.47. The van der Waals surface area contributed by atoms with Crippen LogP contribution in [0, 0.1) is 5.92 Å². The standard InChI is InChI=1S/C10H13NO2S/c1-7(14)9(10(12)13)6-8-2-4-11-5-3-8/h2-5,7,9,14H,6H2,1H3,(H,12,13). The van der Waals surface area contributed by atoms with Gasteiger partial charge in [-0.05, 0) is 24.1 Å². The van der Waals surface area contributed by atoms with Gasteiger partial charge in [-0.2, -0.15) is 12.6 Å². The summed E-state index contributed by atoms with van der Waals surface area (Å²) in [6, 6.07) is 3.65. The number of carbonyl (C=O) groups is 1. The van der Waals surface area contributed by atoms with Crippen LogP contribution in [0.25, 0.3) is 0 Å². The zero-order chi connectivity index (χ0) is 10.6. The van der Waals surface area contributed by atoms with Gasteiger partial charge in [0, 0.05) is 17.6 Å². The Kier molecular flexibility index (Phi) is 3.95. The van der Waals surface area contributed by atoms with Crippen molar-refractivity contribution in [1.82, 2.24) is 4.98 Å². The summed E-state index contributed by atoms with van der Waals surface area (Å²) in [7, 11) is 0. The van der Waals surface area contributed by atoms with Gasteiger partial charge in [-0.15, -0.1) is 0 Å². The molecule has 76 valence electrons. The molecule has 0 aliphatic carbocycles. The van der Waals surface area contributed by atoms with Crippen molar-refractivity contribution in [1.29, 1.82) is 0 Å². The molecule has 1 aromatic rings. The lowest BCUT2D eigenvalue weighted by atomic mass is 9.97. The highest BCUT2D eigenvalue weighted by Gasteiger charge is 2.22. The molecular formula is C10H13NO2S. The average molecular weight is 211 g/mol. The van der Waals surface area contributed by atoms with Gasteiger partial charge in [-0.25, -0.2) is 0 Å². The molecule has 0 aromatic carbocycles. The van der Waals surface area contributed by atoms with Crippen molar-refractivity contribution < 1.29 is 9.90 Å². The van der Waals surface area contributed by atoms with Crippen molar-refractivity contribution in [2.24, 2.45) is 5.92 Å². The minimum absolute atomic E-state index is 0.152. The molecule has 2 atom stereocenters. The van der Waals surface area contributed by atoms with Crippen molar-refractivity contribution in [2.75, 3.05) is 0 Å².